The van der Waals surface area contributed by atoms with E-state index in [1.165, 1.54) is 21.7 Å². The summed E-state index contributed by atoms with van der Waals surface area (Å²) < 4.78 is 2.92. The van der Waals surface area contributed by atoms with Gasteiger partial charge in [-0.3, -0.25) is 19.1 Å². The number of carbonyl (C=O) groups is 1. The molecule has 0 radical (unpaired) electrons. The monoisotopic (exact) mass is 423 g/mol. The third kappa shape index (κ3) is 4.46. The molecule has 1 aromatic carbocycles. The van der Waals surface area contributed by atoms with Gasteiger partial charge in [-0.1, -0.05) is 30.3 Å². The lowest BCUT2D eigenvalue weighted by Crippen LogP contribution is -2.29. The Morgan fingerprint density at radius 2 is 1.96 bits per heavy atom. The van der Waals surface area contributed by atoms with Gasteiger partial charge in [-0.05, 0) is 21.5 Å². The molecule has 0 aliphatic heterocycles. The highest BCUT2D eigenvalue weighted by Gasteiger charge is 2.16. The Kier molecular flexibility index (Phi) is 6.47. The first-order chi connectivity index (χ1) is 12.3. The Morgan fingerprint density at radius 3 is 2.50 bits per heavy atom. The van der Waals surface area contributed by atoms with Crippen LogP contribution in [0.4, 0.5) is 0 Å². The fourth-order valence-electron chi connectivity index (χ4n) is 2.23. The van der Waals surface area contributed by atoms with Crippen molar-refractivity contribution in [3.8, 4) is 0 Å². The van der Waals surface area contributed by atoms with Crippen molar-refractivity contribution in [2.75, 3.05) is 0 Å². The van der Waals surface area contributed by atoms with Gasteiger partial charge in [-0.15, -0.1) is 0 Å². The van der Waals surface area contributed by atoms with Crippen LogP contribution >= 0.6 is 15.9 Å². The van der Waals surface area contributed by atoms with Crippen LogP contribution in [0.3, 0.4) is 0 Å². The van der Waals surface area contributed by atoms with Gasteiger partial charge in [-0.25, -0.2) is 9.78 Å². The van der Waals surface area contributed by atoms with Crippen LogP contribution in [0.5, 0.6) is 0 Å². The summed E-state index contributed by atoms with van der Waals surface area (Å²) >= 11 is 3.14. The molecule has 0 atom stereocenters. The average Bonchev–Trinajstić information content (AvgIpc) is 2.96. The molecule has 2 aromatic heterocycles. The number of hydrogen-bond donors (Lipinski definition) is 3. The Hall–Kier alpha value is -2.72. The van der Waals surface area contributed by atoms with Gasteiger partial charge < -0.3 is 15.4 Å². The summed E-state index contributed by atoms with van der Waals surface area (Å²) in [6, 6.07) is 9.99. The summed E-state index contributed by atoms with van der Waals surface area (Å²) in [7, 11) is 1.47. The molecule has 0 unspecified atom stereocenters. The van der Waals surface area contributed by atoms with Gasteiger partial charge >= 0.3 is 11.7 Å². The smallest absolute Gasteiger partial charge is 0.329 e. The molecule has 138 valence electrons. The number of imidazole rings is 1. The highest BCUT2D eigenvalue weighted by Crippen LogP contribution is 2.16. The molecule has 0 amide bonds. The molecule has 0 fully saturated rings. The Balaban J connectivity index is 0.000000254. The minimum atomic E-state index is -0.981. The number of aryl methyl sites for hydroxylation is 2. The van der Waals surface area contributed by atoms with E-state index < -0.39 is 17.2 Å². The number of nitrogens with two attached hydrogens (primary N) is 1. The summed E-state index contributed by atoms with van der Waals surface area (Å²) in [5.41, 5.74) is 5.76. The average molecular weight is 424 g/mol. The molecule has 0 saturated heterocycles. The third-order valence-electron chi connectivity index (χ3n) is 3.59. The quantitative estimate of drug-likeness (QED) is 0.531. The summed E-state index contributed by atoms with van der Waals surface area (Å²) in [5, 5.41) is 8.65. The molecule has 0 spiro atoms. The van der Waals surface area contributed by atoms with Gasteiger partial charge in [-0.2, -0.15) is 0 Å². The highest BCUT2D eigenvalue weighted by molar-refractivity contribution is 9.10. The predicted octanol–water partition coefficient (Wildman–Crippen LogP) is 0.806. The minimum absolute atomic E-state index is 0.0910. The maximum absolute atomic E-state index is 11.7. The molecular formula is C16H18BrN5O4. The van der Waals surface area contributed by atoms with Gasteiger partial charge in [0.1, 0.15) is 0 Å². The van der Waals surface area contributed by atoms with Crippen LogP contribution in [0.15, 0.2) is 44.7 Å². The zero-order valence-corrected chi connectivity index (χ0v) is 15.6. The first-order valence-electron chi connectivity index (χ1n) is 7.66. The molecule has 26 heavy (non-hydrogen) atoms. The summed E-state index contributed by atoms with van der Waals surface area (Å²) in [4.78, 5) is 39.9. The van der Waals surface area contributed by atoms with Crippen molar-refractivity contribution in [2.24, 2.45) is 12.8 Å². The van der Waals surface area contributed by atoms with Crippen molar-refractivity contribution >= 4 is 33.1 Å². The van der Waals surface area contributed by atoms with E-state index in [-0.39, 0.29) is 24.1 Å². The number of hydrogen-bond acceptors (Lipinski definition) is 5. The number of carboxylic acid groups (broad SMARTS) is 1. The standard InChI is InChI=1S/C9H9BrN4O4.C7H9N/c1-13-6-5(7(17)12-9(13)18)14(8(10)11-6)3-2-4(15)16;8-6-7-4-2-1-3-5-7/h2-3H2,1H3,(H,15,16)(H,12,17,18);1-5H,6,8H2. The summed E-state index contributed by atoms with van der Waals surface area (Å²) in [6.07, 6.45) is -0.146. The predicted molar refractivity (Wildman–Crippen MR) is 99.9 cm³/mol. The van der Waals surface area contributed by atoms with Crippen LogP contribution in [-0.4, -0.2) is 30.2 Å². The van der Waals surface area contributed by atoms with Gasteiger partial charge in [0.2, 0.25) is 0 Å². The van der Waals surface area contributed by atoms with Crippen molar-refractivity contribution in [2.45, 2.75) is 19.5 Å². The van der Waals surface area contributed by atoms with Gasteiger partial charge in [0.15, 0.2) is 15.9 Å². The van der Waals surface area contributed by atoms with E-state index >= 15 is 0 Å². The number of carboxylic acids is 1. The maximum atomic E-state index is 11.7. The third-order valence-corrected chi connectivity index (χ3v) is 4.19. The molecule has 3 rings (SSSR count). The van der Waals surface area contributed by atoms with Crippen molar-refractivity contribution in [1.29, 1.82) is 0 Å². The number of nitrogens with one attached hydrogen (secondary N) is 1. The maximum Gasteiger partial charge on any atom is 0.329 e. The number of halogens is 1. The van der Waals surface area contributed by atoms with Gasteiger partial charge in [0.05, 0.1) is 6.42 Å². The van der Waals surface area contributed by atoms with Crippen molar-refractivity contribution in [3.05, 3.63) is 61.5 Å². The van der Waals surface area contributed by atoms with Crippen LogP contribution < -0.4 is 17.0 Å². The highest BCUT2D eigenvalue weighted by atomic mass is 79.9. The lowest BCUT2D eigenvalue weighted by atomic mass is 10.2. The fourth-order valence-corrected chi connectivity index (χ4v) is 2.76. The van der Waals surface area contributed by atoms with Crippen molar-refractivity contribution in [1.82, 2.24) is 19.1 Å². The summed E-state index contributed by atoms with van der Waals surface area (Å²) in [6.45, 7) is 0.731. The number of aliphatic carboxylic acids is 1. The van der Waals surface area contributed by atoms with Crippen LogP contribution in [0, 0.1) is 0 Å². The second kappa shape index (κ2) is 8.59. The zero-order chi connectivity index (χ0) is 19.3. The number of benzene rings is 1. The van der Waals surface area contributed by atoms with E-state index in [1.807, 2.05) is 30.3 Å². The van der Waals surface area contributed by atoms with E-state index in [2.05, 4.69) is 25.9 Å². The number of aromatic nitrogens is 4. The first-order valence-corrected chi connectivity index (χ1v) is 8.45. The van der Waals surface area contributed by atoms with E-state index in [9.17, 15) is 14.4 Å². The largest absolute Gasteiger partial charge is 0.481 e. The normalized spacial score (nSPS) is 10.4. The molecule has 0 aliphatic rings. The molecule has 10 heteroatoms. The lowest BCUT2D eigenvalue weighted by molar-refractivity contribution is -0.137. The molecule has 9 nitrogen and oxygen atoms in total. The fraction of sp³-hybridized carbons (Fsp3) is 0.250. The van der Waals surface area contributed by atoms with E-state index in [4.69, 9.17) is 10.8 Å². The molecule has 0 bridgehead atoms. The second-order valence-electron chi connectivity index (χ2n) is 5.36. The first kappa shape index (κ1) is 19.6. The molecule has 3 aromatic rings. The minimum Gasteiger partial charge on any atom is -0.481 e. The van der Waals surface area contributed by atoms with E-state index in [1.54, 1.807) is 0 Å². The van der Waals surface area contributed by atoms with Gasteiger partial charge in [0.25, 0.3) is 5.56 Å². The van der Waals surface area contributed by atoms with E-state index in [0.29, 0.717) is 11.3 Å². The lowest BCUT2D eigenvalue weighted by Gasteiger charge is -2.03. The number of H-pyrrole nitrogens is 1. The van der Waals surface area contributed by atoms with Crippen LogP contribution in [-0.2, 0) is 24.9 Å². The SMILES string of the molecule is Cn1c(=O)[nH]c(=O)c2c1nc(Br)n2CCC(=O)O.NCc1ccccc1. The number of fused-ring (bicyclic) bond motifs is 1. The van der Waals surface area contributed by atoms with Crippen LogP contribution in [0.25, 0.3) is 11.2 Å². The molecule has 0 aliphatic carbocycles. The summed E-state index contributed by atoms with van der Waals surface area (Å²) in [5.74, 6) is -0.981. The topological polar surface area (TPSA) is 136 Å². The molecule has 0 saturated carbocycles. The van der Waals surface area contributed by atoms with Crippen LogP contribution in [0.2, 0.25) is 0 Å². The Morgan fingerprint density at radius 1 is 1.31 bits per heavy atom. The van der Waals surface area contributed by atoms with Gasteiger partial charge in [0, 0.05) is 20.1 Å². The molecule has 4 N–H and O–H groups in total. The number of rotatable bonds is 4. The number of aromatic amines is 1. The van der Waals surface area contributed by atoms with Crippen LogP contribution in [0.1, 0.15) is 12.0 Å². The van der Waals surface area contributed by atoms with Crippen molar-refractivity contribution in [3.63, 3.8) is 0 Å². The zero-order valence-electron chi connectivity index (χ0n) is 14.0. The Bertz CT molecular complexity index is 1020. The second-order valence-corrected chi connectivity index (χ2v) is 6.07. The van der Waals surface area contributed by atoms with E-state index in [0.717, 1.165) is 0 Å². The van der Waals surface area contributed by atoms with Crippen molar-refractivity contribution < 1.29 is 9.90 Å². The molecular weight excluding hydrogens is 406 g/mol. The molecule has 2 heterocycles. The Labute approximate surface area is 156 Å². The number of nitrogens with zero attached hydrogens (tertiary/aromatic N) is 3.